The summed E-state index contributed by atoms with van der Waals surface area (Å²) in [5.74, 6) is -0.279. The predicted octanol–water partition coefficient (Wildman–Crippen LogP) is 3.20. The Morgan fingerprint density at radius 3 is 2.33 bits per heavy atom. The molecule has 0 aliphatic rings. The highest BCUT2D eigenvalue weighted by molar-refractivity contribution is 5.94. The highest BCUT2D eigenvalue weighted by atomic mass is 16.5. The Morgan fingerprint density at radius 1 is 1.04 bits per heavy atom. The van der Waals surface area contributed by atoms with Crippen LogP contribution in [0.5, 0.6) is 5.75 Å². The van der Waals surface area contributed by atoms with Gasteiger partial charge in [0, 0.05) is 11.8 Å². The number of aryl methyl sites for hydroxylation is 1. The molecule has 0 bridgehead atoms. The number of amides is 1. The molecule has 0 aliphatic heterocycles. The van der Waals surface area contributed by atoms with Crippen molar-refractivity contribution in [2.24, 2.45) is 0 Å². The summed E-state index contributed by atoms with van der Waals surface area (Å²) in [5, 5.41) is 2.63. The summed E-state index contributed by atoms with van der Waals surface area (Å²) in [7, 11) is 1.57. The summed E-state index contributed by atoms with van der Waals surface area (Å²) in [6, 6.07) is 14.6. The van der Waals surface area contributed by atoms with Crippen molar-refractivity contribution in [2.45, 2.75) is 6.92 Å². The summed E-state index contributed by atoms with van der Waals surface area (Å²) in [6.07, 6.45) is 2.94. The largest absolute Gasteiger partial charge is 0.497 e. The quantitative estimate of drug-likeness (QED) is 0.654. The Kier molecular flexibility index (Phi) is 6.14. The maximum absolute atomic E-state index is 11.7. The number of methoxy groups -OCH3 is 1. The molecule has 0 aromatic heterocycles. The topological polar surface area (TPSA) is 64.6 Å². The molecule has 0 atom stereocenters. The van der Waals surface area contributed by atoms with Crippen LogP contribution in [0.25, 0.3) is 6.08 Å². The molecule has 0 unspecified atom stereocenters. The number of carbonyl (C=O) groups is 2. The van der Waals surface area contributed by atoms with E-state index in [4.69, 9.17) is 9.47 Å². The zero-order valence-electron chi connectivity index (χ0n) is 13.6. The third kappa shape index (κ3) is 5.61. The molecule has 5 heteroatoms. The third-order valence-corrected chi connectivity index (χ3v) is 3.21. The molecule has 124 valence electrons. The van der Waals surface area contributed by atoms with E-state index >= 15 is 0 Å². The molecule has 2 aromatic rings. The van der Waals surface area contributed by atoms with E-state index in [0.29, 0.717) is 11.4 Å². The molecule has 24 heavy (non-hydrogen) atoms. The monoisotopic (exact) mass is 325 g/mol. The van der Waals surface area contributed by atoms with Crippen molar-refractivity contribution < 1.29 is 19.1 Å². The Hall–Kier alpha value is -3.08. The van der Waals surface area contributed by atoms with Crippen LogP contribution in [0.2, 0.25) is 0 Å². The molecule has 0 saturated carbocycles. The van der Waals surface area contributed by atoms with Gasteiger partial charge in [-0.2, -0.15) is 0 Å². The van der Waals surface area contributed by atoms with Gasteiger partial charge < -0.3 is 14.8 Å². The van der Waals surface area contributed by atoms with E-state index in [1.165, 1.54) is 6.08 Å². The second kappa shape index (κ2) is 8.53. The highest BCUT2D eigenvalue weighted by Crippen LogP contribution is 2.14. The van der Waals surface area contributed by atoms with Crippen LogP contribution in [-0.4, -0.2) is 25.6 Å². The highest BCUT2D eigenvalue weighted by Gasteiger charge is 2.05. The van der Waals surface area contributed by atoms with Gasteiger partial charge in [-0.25, -0.2) is 4.79 Å². The third-order valence-electron chi connectivity index (χ3n) is 3.21. The van der Waals surface area contributed by atoms with E-state index in [2.05, 4.69) is 5.32 Å². The first-order chi connectivity index (χ1) is 11.6. The SMILES string of the molecule is COc1ccc(NC(=O)COC(=O)/C=C/c2ccc(C)cc2)cc1. The first kappa shape index (κ1) is 17.3. The molecule has 1 amide bonds. The zero-order valence-corrected chi connectivity index (χ0v) is 13.6. The van der Waals surface area contributed by atoms with Crippen molar-refractivity contribution in [1.29, 1.82) is 0 Å². The molecule has 0 heterocycles. The minimum atomic E-state index is -0.569. The van der Waals surface area contributed by atoms with Crippen LogP contribution < -0.4 is 10.1 Å². The second-order valence-corrected chi connectivity index (χ2v) is 5.13. The molecule has 0 fully saturated rings. The van der Waals surface area contributed by atoms with Gasteiger partial charge in [0.25, 0.3) is 5.91 Å². The average Bonchev–Trinajstić information content (AvgIpc) is 2.60. The second-order valence-electron chi connectivity index (χ2n) is 5.13. The fraction of sp³-hybridized carbons (Fsp3) is 0.158. The lowest BCUT2D eigenvalue weighted by Crippen LogP contribution is -2.20. The number of rotatable bonds is 6. The lowest BCUT2D eigenvalue weighted by Gasteiger charge is -2.06. The minimum absolute atomic E-state index is 0.344. The number of ether oxygens (including phenoxy) is 2. The molecule has 0 saturated heterocycles. The summed E-state index contributed by atoms with van der Waals surface area (Å²) in [4.78, 5) is 23.4. The van der Waals surface area contributed by atoms with Crippen molar-refractivity contribution >= 4 is 23.6 Å². The van der Waals surface area contributed by atoms with Crippen LogP contribution in [0.15, 0.2) is 54.6 Å². The Balaban J connectivity index is 1.78. The predicted molar refractivity (Wildman–Crippen MR) is 92.8 cm³/mol. The normalized spacial score (nSPS) is 10.4. The van der Waals surface area contributed by atoms with E-state index in [1.807, 2.05) is 31.2 Å². The molecule has 0 spiro atoms. The molecule has 0 radical (unpaired) electrons. The first-order valence-corrected chi connectivity index (χ1v) is 7.42. The zero-order chi connectivity index (χ0) is 17.4. The number of anilines is 1. The van der Waals surface area contributed by atoms with Crippen molar-refractivity contribution in [1.82, 2.24) is 0 Å². The lowest BCUT2D eigenvalue weighted by molar-refractivity contribution is -0.142. The van der Waals surface area contributed by atoms with Gasteiger partial charge in [0.15, 0.2) is 6.61 Å². The van der Waals surface area contributed by atoms with Gasteiger partial charge in [0.1, 0.15) is 5.75 Å². The van der Waals surface area contributed by atoms with Crippen molar-refractivity contribution in [3.8, 4) is 5.75 Å². The van der Waals surface area contributed by atoms with Crippen LogP contribution in [-0.2, 0) is 14.3 Å². The van der Waals surface area contributed by atoms with Crippen molar-refractivity contribution in [3.63, 3.8) is 0 Å². The molecular formula is C19H19NO4. The first-order valence-electron chi connectivity index (χ1n) is 7.42. The maximum atomic E-state index is 11.7. The van der Waals surface area contributed by atoms with Crippen LogP contribution in [0.3, 0.4) is 0 Å². The molecule has 5 nitrogen and oxygen atoms in total. The van der Waals surface area contributed by atoms with E-state index < -0.39 is 11.9 Å². The number of hydrogen-bond donors (Lipinski definition) is 1. The summed E-state index contributed by atoms with van der Waals surface area (Å²) >= 11 is 0. The standard InChI is InChI=1S/C19H19NO4/c1-14-3-5-15(6-4-14)7-12-19(22)24-13-18(21)20-16-8-10-17(23-2)11-9-16/h3-12H,13H2,1-2H3,(H,20,21)/b12-7+. The molecule has 2 aromatic carbocycles. The van der Waals surface area contributed by atoms with Gasteiger partial charge in [0.2, 0.25) is 0 Å². The number of carbonyl (C=O) groups excluding carboxylic acids is 2. The molecule has 1 N–H and O–H groups in total. The molecular weight excluding hydrogens is 306 g/mol. The van der Waals surface area contributed by atoms with Gasteiger partial charge in [-0.15, -0.1) is 0 Å². The average molecular weight is 325 g/mol. The van der Waals surface area contributed by atoms with Gasteiger partial charge >= 0.3 is 5.97 Å². The van der Waals surface area contributed by atoms with Crippen LogP contribution >= 0.6 is 0 Å². The van der Waals surface area contributed by atoms with Gasteiger partial charge in [-0.05, 0) is 42.8 Å². The maximum Gasteiger partial charge on any atom is 0.331 e. The van der Waals surface area contributed by atoms with Crippen LogP contribution in [0.4, 0.5) is 5.69 Å². The van der Waals surface area contributed by atoms with Crippen molar-refractivity contribution in [2.75, 3.05) is 19.0 Å². The summed E-state index contributed by atoms with van der Waals surface area (Å²) in [5.41, 5.74) is 2.64. The van der Waals surface area contributed by atoms with E-state index in [-0.39, 0.29) is 6.61 Å². The van der Waals surface area contributed by atoms with Gasteiger partial charge in [0.05, 0.1) is 7.11 Å². The summed E-state index contributed by atoms with van der Waals surface area (Å²) in [6.45, 7) is 1.65. The van der Waals surface area contributed by atoms with Gasteiger partial charge in [-0.3, -0.25) is 4.79 Å². The smallest absolute Gasteiger partial charge is 0.331 e. The van der Waals surface area contributed by atoms with Crippen LogP contribution in [0.1, 0.15) is 11.1 Å². The fourth-order valence-corrected chi connectivity index (χ4v) is 1.90. The number of benzene rings is 2. The van der Waals surface area contributed by atoms with Gasteiger partial charge in [-0.1, -0.05) is 29.8 Å². The van der Waals surface area contributed by atoms with Crippen LogP contribution in [0, 0.1) is 6.92 Å². The molecule has 2 rings (SSSR count). The fourth-order valence-electron chi connectivity index (χ4n) is 1.90. The summed E-state index contributed by atoms with van der Waals surface area (Å²) < 4.78 is 9.94. The van der Waals surface area contributed by atoms with E-state index in [1.54, 1.807) is 37.5 Å². The lowest BCUT2D eigenvalue weighted by atomic mass is 10.1. The Morgan fingerprint density at radius 2 is 1.71 bits per heavy atom. The number of esters is 1. The Labute approximate surface area is 140 Å². The van der Waals surface area contributed by atoms with E-state index in [9.17, 15) is 9.59 Å². The van der Waals surface area contributed by atoms with Crippen molar-refractivity contribution in [3.05, 3.63) is 65.7 Å². The van der Waals surface area contributed by atoms with E-state index in [0.717, 1.165) is 11.1 Å². The molecule has 0 aliphatic carbocycles. The Bertz CT molecular complexity index is 718. The minimum Gasteiger partial charge on any atom is -0.497 e. The number of hydrogen-bond acceptors (Lipinski definition) is 4. The number of nitrogens with one attached hydrogen (secondary N) is 1.